The molecule has 140 valence electrons. The van der Waals surface area contributed by atoms with Gasteiger partial charge in [-0.05, 0) is 37.0 Å². The summed E-state index contributed by atoms with van der Waals surface area (Å²) < 4.78 is 16.9. The second-order valence-electron chi connectivity index (χ2n) is 7.92. The lowest BCUT2D eigenvalue weighted by Gasteiger charge is -2.57. The van der Waals surface area contributed by atoms with Gasteiger partial charge in [-0.15, -0.1) is 0 Å². The molecule has 2 saturated carbocycles. The average molecular weight is 357 g/mol. The molecular formula is C20H27N3O3. The number of nitrogens with zero attached hydrogens (tertiary/aromatic N) is 1. The topological polar surface area (TPSA) is 64.1 Å². The third kappa shape index (κ3) is 2.46. The molecule has 1 saturated heterocycles. The molecule has 3 unspecified atom stereocenters. The maximum Gasteiger partial charge on any atom is 0.231 e. The van der Waals surface area contributed by atoms with E-state index in [1.807, 2.05) is 19.2 Å². The summed E-state index contributed by atoms with van der Waals surface area (Å²) in [6.45, 7) is 1.93. The number of hydrogen-bond donors (Lipinski definition) is 2. The van der Waals surface area contributed by atoms with Gasteiger partial charge in [-0.2, -0.15) is 0 Å². The highest BCUT2D eigenvalue weighted by Gasteiger charge is 2.65. The van der Waals surface area contributed by atoms with E-state index in [4.69, 9.17) is 14.2 Å². The summed E-state index contributed by atoms with van der Waals surface area (Å²) in [5.74, 6) is 3.16. The van der Waals surface area contributed by atoms with Crippen molar-refractivity contribution in [3.8, 4) is 11.5 Å². The third-order valence-corrected chi connectivity index (χ3v) is 6.70. The van der Waals surface area contributed by atoms with Crippen LogP contribution in [-0.2, 0) is 11.3 Å². The lowest BCUT2D eigenvalue weighted by Crippen LogP contribution is -2.69. The van der Waals surface area contributed by atoms with E-state index >= 15 is 0 Å². The number of hydrogen-bond acceptors (Lipinski definition) is 4. The van der Waals surface area contributed by atoms with Gasteiger partial charge in [0, 0.05) is 37.6 Å². The minimum absolute atomic E-state index is 0.309. The SMILES string of the molecule is CN=C(NCc1ccc2c(c1)OCO2)NC1C2CCOC2C12CCCC2. The van der Waals surface area contributed by atoms with E-state index in [0.717, 1.165) is 29.6 Å². The molecule has 2 heterocycles. The Bertz CT molecular complexity index is 714. The van der Waals surface area contributed by atoms with Gasteiger partial charge < -0.3 is 24.8 Å². The minimum atomic E-state index is 0.309. The fraction of sp³-hybridized carbons (Fsp3) is 0.650. The zero-order chi connectivity index (χ0) is 17.6. The Morgan fingerprint density at radius 1 is 1.23 bits per heavy atom. The number of fused-ring (bicyclic) bond motifs is 3. The van der Waals surface area contributed by atoms with Gasteiger partial charge in [0.05, 0.1) is 6.10 Å². The number of nitrogens with one attached hydrogen (secondary N) is 2. The molecule has 0 bridgehead atoms. The highest BCUT2D eigenvalue weighted by Crippen LogP contribution is 2.60. The summed E-state index contributed by atoms with van der Waals surface area (Å²) in [4.78, 5) is 4.46. The molecule has 3 fully saturated rings. The standard InChI is InChI=1S/C20H27N3O3/c1-21-19(22-11-13-4-5-15-16(10-13)26-12-25-15)23-17-14-6-9-24-18(14)20(17)7-2-3-8-20/h4-5,10,14,17-18H,2-3,6-9,11-12H2,1H3,(H2,21,22,23). The van der Waals surface area contributed by atoms with E-state index in [-0.39, 0.29) is 0 Å². The monoisotopic (exact) mass is 357 g/mol. The Morgan fingerprint density at radius 3 is 2.92 bits per heavy atom. The molecule has 1 aromatic carbocycles. The Hall–Kier alpha value is -1.95. The van der Waals surface area contributed by atoms with Gasteiger partial charge in [0.15, 0.2) is 17.5 Å². The number of rotatable bonds is 3. The van der Waals surface area contributed by atoms with Crippen molar-refractivity contribution in [2.75, 3.05) is 20.4 Å². The van der Waals surface area contributed by atoms with Crippen molar-refractivity contribution in [3.05, 3.63) is 23.8 Å². The molecular weight excluding hydrogens is 330 g/mol. The maximum absolute atomic E-state index is 6.08. The smallest absolute Gasteiger partial charge is 0.231 e. The van der Waals surface area contributed by atoms with Gasteiger partial charge >= 0.3 is 0 Å². The summed E-state index contributed by atoms with van der Waals surface area (Å²) in [7, 11) is 1.84. The lowest BCUT2D eigenvalue weighted by atomic mass is 9.54. The first-order valence-electron chi connectivity index (χ1n) is 9.77. The van der Waals surface area contributed by atoms with Gasteiger partial charge in [0.1, 0.15) is 0 Å². The van der Waals surface area contributed by atoms with Crippen LogP contribution in [0.25, 0.3) is 0 Å². The molecule has 6 heteroatoms. The minimum Gasteiger partial charge on any atom is -0.454 e. The van der Waals surface area contributed by atoms with Crippen molar-refractivity contribution < 1.29 is 14.2 Å². The predicted octanol–water partition coefficient (Wildman–Crippen LogP) is 2.43. The number of ether oxygens (including phenoxy) is 3. The summed E-state index contributed by atoms with van der Waals surface area (Å²) in [5.41, 5.74) is 1.49. The lowest BCUT2D eigenvalue weighted by molar-refractivity contribution is -0.125. The first-order chi connectivity index (χ1) is 12.8. The Labute approximate surface area is 154 Å². The van der Waals surface area contributed by atoms with Crippen molar-refractivity contribution in [1.29, 1.82) is 0 Å². The van der Waals surface area contributed by atoms with Gasteiger partial charge in [-0.1, -0.05) is 18.9 Å². The Morgan fingerprint density at radius 2 is 2.08 bits per heavy atom. The van der Waals surface area contributed by atoms with Crippen LogP contribution in [0.1, 0.15) is 37.7 Å². The Kier molecular flexibility index (Phi) is 3.96. The van der Waals surface area contributed by atoms with Gasteiger partial charge in [0.25, 0.3) is 0 Å². The molecule has 2 aliphatic carbocycles. The molecule has 1 spiro atoms. The van der Waals surface area contributed by atoms with Crippen molar-refractivity contribution >= 4 is 5.96 Å². The molecule has 0 aromatic heterocycles. The van der Waals surface area contributed by atoms with Crippen molar-refractivity contribution in [3.63, 3.8) is 0 Å². The van der Waals surface area contributed by atoms with Crippen LogP contribution in [0.4, 0.5) is 0 Å². The van der Waals surface area contributed by atoms with Gasteiger partial charge in [0.2, 0.25) is 6.79 Å². The third-order valence-electron chi connectivity index (χ3n) is 6.70. The molecule has 0 amide bonds. The molecule has 2 N–H and O–H groups in total. The highest BCUT2D eigenvalue weighted by atomic mass is 16.7. The fourth-order valence-electron chi connectivity index (χ4n) is 5.48. The quantitative estimate of drug-likeness (QED) is 0.643. The summed E-state index contributed by atoms with van der Waals surface area (Å²) >= 11 is 0. The van der Waals surface area contributed by atoms with Crippen molar-refractivity contribution in [2.24, 2.45) is 16.3 Å². The first-order valence-corrected chi connectivity index (χ1v) is 9.77. The van der Waals surface area contributed by atoms with Crippen LogP contribution in [0.3, 0.4) is 0 Å². The molecule has 5 rings (SSSR count). The predicted molar refractivity (Wildman–Crippen MR) is 98.4 cm³/mol. The zero-order valence-electron chi connectivity index (χ0n) is 15.3. The van der Waals surface area contributed by atoms with Gasteiger partial charge in [-0.3, -0.25) is 4.99 Å². The molecule has 2 aliphatic heterocycles. The molecule has 1 aromatic rings. The summed E-state index contributed by atoms with van der Waals surface area (Å²) in [5, 5.41) is 7.20. The average Bonchev–Trinajstić information content (AvgIpc) is 3.40. The normalized spacial score (nSPS) is 31.0. The van der Waals surface area contributed by atoms with Gasteiger partial charge in [-0.25, -0.2) is 0 Å². The van der Waals surface area contributed by atoms with Crippen LogP contribution in [0.2, 0.25) is 0 Å². The van der Waals surface area contributed by atoms with Crippen LogP contribution < -0.4 is 20.1 Å². The summed E-state index contributed by atoms with van der Waals surface area (Å²) in [6.07, 6.45) is 6.86. The largest absolute Gasteiger partial charge is 0.454 e. The number of aliphatic imine (C=N–C) groups is 1. The van der Waals surface area contributed by atoms with E-state index in [9.17, 15) is 0 Å². The maximum atomic E-state index is 6.08. The van der Waals surface area contributed by atoms with E-state index in [1.165, 1.54) is 32.1 Å². The van der Waals surface area contributed by atoms with Crippen molar-refractivity contribution in [1.82, 2.24) is 10.6 Å². The number of benzene rings is 1. The molecule has 3 atom stereocenters. The second-order valence-corrected chi connectivity index (χ2v) is 7.92. The molecule has 26 heavy (non-hydrogen) atoms. The fourth-order valence-corrected chi connectivity index (χ4v) is 5.48. The van der Waals surface area contributed by atoms with Crippen LogP contribution in [-0.4, -0.2) is 38.6 Å². The molecule has 0 radical (unpaired) electrons. The van der Waals surface area contributed by atoms with Crippen LogP contribution in [0.15, 0.2) is 23.2 Å². The Balaban J connectivity index is 1.24. The number of guanidine groups is 1. The highest BCUT2D eigenvalue weighted by molar-refractivity contribution is 5.80. The first kappa shape index (κ1) is 16.2. The van der Waals surface area contributed by atoms with Crippen LogP contribution >= 0.6 is 0 Å². The van der Waals surface area contributed by atoms with E-state index in [2.05, 4.69) is 21.7 Å². The van der Waals surface area contributed by atoms with E-state index < -0.39 is 0 Å². The molecule has 6 nitrogen and oxygen atoms in total. The summed E-state index contributed by atoms with van der Waals surface area (Å²) in [6, 6.07) is 6.55. The van der Waals surface area contributed by atoms with Crippen LogP contribution in [0, 0.1) is 11.3 Å². The van der Waals surface area contributed by atoms with E-state index in [0.29, 0.717) is 36.8 Å². The van der Waals surface area contributed by atoms with Crippen molar-refractivity contribution in [2.45, 2.75) is 50.8 Å². The second kappa shape index (κ2) is 6.34. The molecule has 4 aliphatic rings. The van der Waals surface area contributed by atoms with Crippen LogP contribution in [0.5, 0.6) is 11.5 Å². The zero-order valence-corrected chi connectivity index (χ0v) is 15.3. The van der Waals surface area contributed by atoms with E-state index in [1.54, 1.807) is 0 Å².